The first-order chi connectivity index (χ1) is 8.83. The Hall–Kier alpha value is 0.781. The molecule has 0 aromatic rings. The third kappa shape index (κ3) is 6.01. The number of hydrogen-bond acceptors (Lipinski definition) is 2. The predicted octanol–water partition coefficient (Wildman–Crippen LogP) is -0.784. The van der Waals surface area contributed by atoms with Crippen molar-refractivity contribution in [3.63, 3.8) is 0 Å². The van der Waals surface area contributed by atoms with E-state index in [9.17, 15) is 0 Å². The van der Waals surface area contributed by atoms with E-state index in [4.69, 9.17) is 3.87 Å². The molecular formula is C16H23Cl2OSSiTi. The maximum absolute atomic E-state index is 6.18. The molecule has 0 amide bonds. The van der Waals surface area contributed by atoms with E-state index < -0.39 is 8.32 Å². The molecule has 2 aliphatic carbocycles. The number of allylic oxidation sites excluding steroid dienone is 6. The first-order valence-corrected chi connectivity index (χ1v) is 11.0. The molecule has 0 aliphatic heterocycles. The summed E-state index contributed by atoms with van der Waals surface area (Å²) in [5.74, 6) is 0. The van der Waals surface area contributed by atoms with Gasteiger partial charge in [0.2, 0.25) is 8.32 Å². The summed E-state index contributed by atoms with van der Waals surface area (Å²) < 4.78 is 6.12. The van der Waals surface area contributed by atoms with E-state index in [0.29, 0.717) is 0 Å². The van der Waals surface area contributed by atoms with Crippen LogP contribution in [0.2, 0.25) is 19.6 Å². The largest absolute Gasteiger partial charge is 3.00 e. The normalized spacial score (nSPS) is 23.4. The summed E-state index contributed by atoms with van der Waals surface area (Å²) in [6.45, 7) is 11.1. The van der Waals surface area contributed by atoms with Gasteiger partial charge >= 0.3 is 21.7 Å². The Balaban J connectivity index is 0. The molecule has 0 aromatic carbocycles. The molecular weight excluding hydrogens is 387 g/mol. The van der Waals surface area contributed by atoms with Gasteiger partial charge in [-0.15, -0.1) is 6.42 Å². The second kappa shape index (κ2) is 9.93. The van der Waals surface area contributed by atoms with Crippen molar-refractivity contribution in [1.29, 1.82) is 0 Å². The van der Waals surface area contributed by atoms with E-state index in [1.54, 1.807) is 12.0 Å². The molecule has 0 fully saturated rings. The summed E-state index contributed by atoms with van der Waals surface area (Å²) in [6, 6.07) is 0. The van der Waals surface area contributed by atoms with E-state index in [-0.39, 0.29) is 51.3 Å². The fourth-order valence-electron chi connectivity index (χ4n) is 2.33. The van der Waals surface area contributed by atoms with Crippen LogP contribution in [0.3, 0.4) is 0 Å². The molecule has 0 heterocycles. The molecule has 1 nitrogen and oxygen atoms in total. The summed E-state index contributed by atoms with van der Waals surface area (Å²) in [5, 5.41) is 0. The van der Waals surface area contributed by atoms with Gasteiger partial charge in [-0.05, 0) is 52.0 Å². The average Bonchev–Trinajstić information content (AvgIpc) is 2.81. The zero-order chi connectivity index (χ0) is 14.1. The molecule has 0 N–H and O–H groups in total. The van der Waals surface area contributed by atoms with Gasteiger partial charge in [0.25, 0.3) is 0 Å². The van der Waals surface area contributed by atoms with Gasteiger partial charge in [0.05, 0.1) is 4.75 Å². The molecule has 6 heteroatoms. The molecule has 1 unspecified atom stereocenters. The Bertz CT molecular complexity index is 495. The molecule has 2 aliphatic rings. The van der Waals surface area contributed by atoms with Crippen molar-refractivity contribution >= 4 is 20.4 Å². The molecule has 0 spiro atoms. The Kier molecular flexibility index (Phi) is 11.3. The zero-order valence-electron chi connectivity index (χ0n) is 13.8. The van der Waals surface area contributed by atoms with Crippen molar-refractivity contribution in [2.75, 3.05) is 0 Å². The van der Waals surface area contributed by atoms with Crippen LogP contribution in [0.5, 0.6) is 0 Å². The molecule has 121 valence electrons. The molecule has 0 bridgehead atoms. The standard InChI is InChI=1S/C16H23OSSi.2ClH.Ti/c1-13-10-11-16(14(2)12-13,15-8-6-7-9-15)18-17-19(3,4)5;;;/h6,8,10,12H,7,11H2,1-5H3;2*1H;/q-1;;;+3/p-2. The Morgan fingerprint density at radius 2 is 1.86 bits per heavy atom. The van der Waals surface area contributed by atoms with E-state index in [1.807, 2.05) is 0 Å². The smallest absolute Gasteiger partial charge is 1.00 e. The summed E-state index contributed by atoms with van der Waals surface area (Å²) in [7, 11) is -1.54. The molecule has 22 heavy (non-hydrogen) atoms. The quantitative estimate of drug-likeness (QED) is 0.342. The predicted molar refractivity (Wildman–Crippen MR) is 87.4 cm³/mol. The number of rotatable bonds is 4. The van der Waals surface area contributed by atoms with Crippen LogP contribution in [-0.4, -0.2) is 13.1 Å². The minimum Gasteiger partial charge on any atom is -1.00 e. The van der Waals surface area contributed by atoms with E-state index in [2.05, 4.69) is 63.9 Å². The van der Waals surface area contributed by atoms with Gasteiger partial charge in [0.15, 0.2) is 0 Å². The van der Waals surface area contributed by atoms with Crippen molar-refractivity contribution in [3.05, 3.63) is 47.1 Å². The summed E-state index contributed by atoms with van der Waals surface area (Å²) in [5.41, 5.74) is 4.02. The summed E-state index contributed by atoms with van der Waals surface area (Å²) in [6.07, 6.45) is 14.4. The van der Waals surface area contributed by atoms with E-state index in [1.165, 1.54) is 16.7 Å². The Morgan fingerprint density at radius 3 is 2.32 bits per heavy atom. The maximum atomic E-state index is 6.18. The average molecular weight is 410 g/mol. The SMILES string of the molecule is CC1=CCC(SO[Si](C)(C)C)(C2=[C-]CC=C2)C(C)=C1.[Cl-].[Cl-].[Ti+3]. The first kappa shape index (κ1) is 25.0. The van der Waals surface area contributed by atoms with Gasteiger partial charge in [0.1, 0.15) is 0 Å². The number of hydrogen-bond donors (Lipinski definition) is 0. The van der Waals surface area contributed by atoms with Crippen molar-refractivity contribution < 1.29 is 50.4 Å². The minimum atomic E-state index is -1.54. The second-order valence-electron chi connectivity index (χ2n) is 6.28. The summed E-state index contributed by atoms with van der Waals surface area (Å²) >= 11 is 1.66. The van der Waals surface area contributed by atoms with Crippen molar-refractivity contribution in [2.24, 2.45) is 0 Å². The third-order valence-electron chi connectivity index (χ3n) is 3.36. The van der Waals surface area contributed by atoms with Gasteiger partial charge in [-0.1, -0.05) is 23.3 Å². The number of halogens is 2. The summed E-state index contributed by atoms with van der Waals surface area (Å²) in [4.78, 5) is 0. The molecule has 0 saturated carbocycles. The van der Waals surface area contributed by atoms with Gasteiger partial charge in [-0.2, -0.15) is 6.08 Å². The molecule has 1 atom stereocenters. The maximum Gasteiger partial charge on any atom is 3.00 e. The van der Waals surface area contributed by atoms with Crippen LogP contribution >= 0.6 is 12.0 Å². The van der Waals surface area contributed by atoms with Crippen molar-refractivity contribution in [3.8, 4) is 0 Å². The van der Waals surface area contributed by atoms with Crippen LogP contribution in [0.1, 0.15) is 26.7 Å². The van der Waals surface area contributed by atoms with Gasteiger partial charge in [-0.3, -0.25) is 6.08 Å². The first-order valence-electron chi connectivity index (χ1n) is 6.84. The minimum absolute atomic E-state index is 0. The monoisotopic (exact) mass is 409 g/mol. The van der Waals surface area contributed by atoms with Gasteiger partial charge in [-0.25, -0.2) is 11.6 Å². The van der Waals surface area contributed by atoms with E-state index in [0.717, 1.165) is 12.8 Å². The van der Waals surface area contributed by atoms with Crippen LogP contribution in [0, 0.1) is 6.08 Å². The van der Waals surface area contributed by atoms with Crippen molar-refractivity contribution in [1.82, 2.24) is 0 Å². The third-order valence-corrected chi connectivity index (χ3v) is 6.68. The topological polar surface area (TPSA) is 9.23 Å². The van der Waals surface area contributed by atoms with Crippen LogP contribution in [0.15, 0.2) is 41.0 Å². The van der Waals surface area contributed by atoms with E-state index >= 15 is 0 Å². The Labute approximate surface area is 168 Å². The van der Waals surface area contributed by atoms with Crippen molar-refractivity contribution in [2.45, 2.75) is 51.1 Å². The van der Waals surface area contributed by atoms with Crippen LogP contribution in [0.4, 0.5) is 0 Å². The van der Waals surface area contributed by atoms with Gasteiger partial charge < -0.3 is 28.7 Å². The molecule has 2 rings (SSSR count). The van der Waals surface area contributed by atoms with Crippen LogP contribution in [0.25, 0.3) is 0 Å². The van der Waals surface area contributed by atoms with Crippen LogP contribution in [-0.2, 0) is 25.6 Å². The fourth-order valence-corrected chi connectivity index (χ4v) is 4.47. The Morgan fingerprint density at radius 1 is 1.23 bits per heavy atom. The fraction of sp³-hybridized carbons (Fsp3) is 0.500. The van der Waals surface area contributed by atoms with Gasteiger partial charge in [0, 0.05) is 0 Å². The molecule has 0 saturated heterocycles. The zero-order valence-corrected chi connectivity index (χ0v) is 18.7. The molecule has 1 radical (unpaired) electrons. The van der Waals surface area contributed by atoms with Crippen LogP contribution < -0.4 is 24.8 Å². The molecule has 0 aromatic heterocycles. The second-order valence-corrected chi connectivity index (χ2v) is 12.0.